The van der Waals surface area contributed by atoms with Crippen LogP contribution in [0.1, 0.15) is 80.0 Å². The Labute approximate surface area is 373 Å². The molecule has 5 aromatic rings. The van der Waals surface area contributed by atoms with E-state index in [-0.39, 0.29) is 48.3 Å². The summed E-state index contributed by atoms with van der Waals surface area (Å²) in [4.78, 5) is 58.6. The quantitative estimate of drug-likeness (QED) is 0.172. The Morgan fingerprint density at radius 3 is 2.45 bits per heavy atom. The van der Waals surface area contributed by atoms with Crippen molar-refractivity contribution in [3.63, 3.8) is 0 Å². The number of ether oxygens (including phenoxy) is 1. The van der Waals surface area contributed by atoms with Crippen LogP contribution in [0.15, 0.2) is 54.9 Å². The second-order valence-electron chi connectivity index (χ2n) is 18.0. The molecule has 65 heavy (non-hydrogen) atoms. The van der Waals surface area contributed by atoms with E-state index in [1.165, 1.54) is 22.8 Å². The number of nitriles is 1. The Kier molecular flexibility index (Phi) is 11.8. The lowest BCUT2D eigenvalue weighted by atomic mass is 9.89. The number of imide groups is 1. The molecule has 340 valence electrons. The van der Waals surface area contributed by atoms with Crippen molar-refractivity contribution < 1.29 is 37.8 Å². The predicted octanol–water partition coefficient (Wildman–Crippen LogP) is 4.93. The van der Waals surface area contributed by atoms with Crippen molar-refractivity contribution in [1.82, 2.24) is 34.5 Å². The molecule has 2 aromatic carbocycles. The molecule has 1 aliphatic carbocycles. The number of hydrogen-bond acceptors (Lipinski definition) is 11. The van der Waals surface area contributed by atoms with E-state index in [0.717, 1.165) is 36.0 Å². The first-order chi connectivity index (χ1) is 31.2. The maximum absolute atomic E-state index is 15.3. The number of rotatable bonds is 10. The van der Waals surface area contributed by atoms with Crippen molar-refractivity contribution in [2.45, 2.75) is 76.1 Å². The molecular formula is C46H51F2N11O6. The van der Waals surface area contributed by atoms with Crippen LogP contribution < -0.4 is 20.4 Å². The number of piperazine rings is 1. The van der Waals surface area contributed by atoms with E-state index in [4.69, 9.17) is 9.84 Å². The molecule has 4 aliphatic rings. The Morgan fingerprint density at radius 1 is 0.985 bits per heavy atom. The van der Waals surface area contributed by atoms with Crippen LogP contribution in [0.3, 0.4) is 0 Å². The standard InChI is InChI=1S/C46H51F2N11O6/c1-46(2,64)35-20-38-29(17-39(35)51-43(61)40-9-8-32-16-27(21-49)22-50-59(32)40)24-58(53-38)31-6-4-30(5-7-31)55-14-15-56(34(25-55)26-65-3)44(62)28-10-12-54(23-28)33-18-36(47)42(37(48)19-33)57-13-11-41(60)52-45(57)63/h8-9,16-20,22,24,28,30-31,34,64H,4-7,10-15,23,25-26H2,1-3H3,(H,51,61)(H,52,60,63)/t28-,30?,31?,34-/m1/s1. The average molecular weight is 892 g/mol. The summed E-state index contributed by atoms with van der Waals surface area (Å²) in [7, 11) is 1.63. The molecule has 5 amide bonds. The molecule has 0 spiro atoms. The number of fused-ring (bicyclic) bond motifs is 2. The topological polar surface area (TPSA) is 194 Å². The number of hydrogen-bond donors (Lipinski definition) is 3. The second kappa shape index (κ2) is 17.5. The Bertz CT molecular complexity index is 2710. The molecule has 19 heteroatoms. The Hall–Kier alpha value is -6.49. The van der Waals surface area contributed by atoms with Crippen molar-refractivity contribution in [2.75, 3.05) is 68.1 Å². The largest absolute Gasteiger partial charge is 0.386 e. The first-order valence-corrected chi connectivity index (χ1v) is 22.0. The average Bonchev–Trinajstić information content (AvgIpc) is 4.05. The number of methoxy groups -OCH3 is 1. The van der Waals surface area contributed by atoms with Crippen molar-refractivity contribution in [3.8, 4) is 6.07 Å². The number of halogens is 2. The zero-order valence-electron chi connectivity index (χ0n) is 36.5. The van der Waals surface area contributed by atoms with Gasteiger partial charge in [-0.3, -0.25) is 34.2 Å². The summed E-state index contributed by atoms with van der Waals surface area (Å²) in [5.41, 5.74) is 1.45. The normalized spacial score (nSPS) is 22.1. The van der Waals surface area contributed by atoms with E-state index in [1.54, 1.807) is 44.1 Å². The number of carbonyl (C=O) groups excluding carboxylic acids is 4. The maximum Gasteiger partial charge on any atom is 0.328 e. The van der Waals surface area contributed by atoms with Gasteiger partial charge in [0.05, 0.1) is 53.0 Å². The monoisotopic (exact) mass is 891 g/mol. The third-order valence-electron chi connectivity index (χ3n) is 13.4. The number of anilines is 3. The van der Waals surface area contributed by atoms with E-state index < -0.39 is 40.8 Å². The van der Waals surface area contributed by atoms with Crippen LogP contribution in [-0.4, -0.2) is 123 Å². The fourth-order valence-corrected chi connectivity index (χ4v) is 10.0. The van der Waals surface area contributed by atoms with Gasteiger partial charge in [0.1, 0.15) is 17.5 Å². The smallest absolute Gasteiger partial charge is 0.328 e. The third kappa shape index (κ3) is 8.60. The van der Waals surface area contributed by atoms with Crippen LogP contribution in [0, 0.1) is 28.9 Å². The number of nitrogens with zero attached hydrogens (tertiary/aromatic N) is 9. The Balaban J connectivity index is 0.821. The van der Waals surface area contributed by atoms with Gasteiger partial charge in [0.2, 0.25) is 11.8 Å². The minimum atomic E-state index is -1.29. The summed E-state index contributed by atoms with van der Waals surface area (Å²) in [6, 6.07) is 12.5. The zero-order chi connectivity index (χ0) is 45.7. The lowest BCUT2D eigenvalue weighted by Gasteiger charge is -2.46. The van der Waals surface area contributed by atoms with Gasteiger partial charge in [0, 0.05) is 87.4 Å². The molecule has 0 bridgehead atoms. The maximum atomic E-state index is 15.3. The Morgan fingerprint density at radius 2 is 1.74 bits per heavy atom. The lowest BCUT2D eigenvalue weighted by molar-refractivity contribution is -0.142. The van der Waals surface area contributed by atoms with E-state index in [0.29, 0.717) is 79.6 Å². The summed E-state index contributed by atoms with van der Waals surface area (Å²) in [5.74, 6) is -3.12. The SMILES string of the molecule is COC[C@H]1CN(C2CCC(n3cc4cc(NC(=O)c5ccc6cc(C#N)cnn56)c(C(C)(C)O)cc4n3)CC2)CCN1C(=O)[C@@H]1CCN(c2cc(F)c(N3CCC(=O)NC3=O)c(F)c2)C1. The summed E-state index contributed by atoms with van der Waals surface area (Å²) >= 11 is 0. The van der Waals surface area contributed by atoms with Crippen LogP contribution in [-0.2, 0) is 19.9 Å². The highest BCUT2D eigenvalue weighted by atomic mass is 19.1. The van der Waals surface area contributed by atoms with Crippen LogP contribution in [0.5, 0.6) is 0 Å². The van der Waals surface area contributed by atoms with Gasteiger partial charge >= 0.3 is 6.03 Å². The molecule has 17 nitrogen and oxygen atoms in total. The highest BCUT2D eigenvalue weighted by Crippen LogP contribution is 2.37. The molecule has 0 unspecified atom stereocenters. The number of amides is 5. The van der Waals surface area contributed by atoms with Crippen molar-refractivity contribution >= 4 is 57.2 Å². The van der Waals surface area contributed by atoms with Gasteiger partial charge in [-0.25, -0.2) is 18.1 Å². The molecule has 3 aliphatic heterocycles. The highest BCUT2D eigenvalue weighted by molar-refractivity contribution is 6.06. The van der Waals surface area contributed by atoms with Crippen molar-refractivity contribution in [1.29, 1.82) is 5.26 Å². The molecule has 2 atom stereocenters. The van der Waals surface area contributed by atoms with Crippen molar-refractivity contribution in [2.24, 2.45) is 5.92 Å². The number of carbonyl (C=O) groups is 4. The van der Waals surface area contributed by atoms with Crippen LogP contribution in [0.2, 0.25) is 0 Å². The van der Waals surface area contributed by atoms with Crippen LogP contribution >= 0.6 is 0 Å². The summed E-state index contributed by atoms with van der Waals surface area (Å²) in [6.45, 7) is 6.21. The molecule has 1 saturated carbocycles. The summed E-state index contributed by atoms with van der Waals surface area (Å²) in [6.07, 6.45) is 7.51. The minimum Gasteiger partial charge on any atom is -0.386 e. The number of urea groups is 1. The van der Waals surface area contributed by atoms with E-state index in [9.17, 15) is 29.5 Å². The molecular weight excluding hydrogens is 841 g/mol. The van der Waals surface area contributed by atoms with Gasteiger partial charge in [-0.15, -0.1) is 0 Å². The van der Waals surface area contributed by atoms with Gasteiger partial charge < -0.3 is 25.0 Å². The van der Waals surface area contributed by atoms with Gasteiger partial charge in [0.15, 0.2) is 11.6 Å². The molecule has 9 rings (SSSR count). The number of benzene rings is 2. The molecule has 3 aromatic heterocycles. The molecule has 4 fully saturated rings. The third-order valence-corrected chi connectivity index (χ3v) is 13.4. The van der Waals surface area contributed by atoms with E-state index in [2.05, 4.69) is 26.7 Å². The van der Waals surface area contributed by atoms with Gasteiger partial charge in [-0.1, -0.05) is 0 Å². The molecule has 3 saturated heterocycles. The second-order valence-corrected chi connectivity index (χ2v) is 18.0. The molecule has 0 radical (unpaired) electrons. The fourth-order valence-electron chi connectivity index (χ4n) is 10.0. The van der Waals surface area contributed by atoms with Crippen LogP contribution in [0.25, 0.3) is 16.4 Å². The number of aromatic nitrogens is 4. The summed E-state index contributed by atoms with van der Waals surface area (Å²) in [5, 5.41) is 35.5. The van der Waals surface area contributed by atoms with E-state index >= 15 is 8.78 Å². The lowest BCUT2D eigenvalue weighted by Crippen LogP contribution is -2.60. The number of aliphatic hydroxyl groups is 1. The predicted molar refractivity (Wildman–Crippen MR) is 235 cm³/mol. The van der Waals surface area contributed by atoms with Crippen molar-refractivity contribution in [3.05, 3.63) is 83.3 Å². The van der Waals surface area contributed by atoms with E-state index in [1.807, 2.05) is 27.9 Å². The molecule has 3 N–H and O–H groups in total. The van der Waals surface area contributed by atoms with Crippen LogP contribution in [0.4, 0.5) is 30.6 Å². The van der Waals surface area contributed by atoms with Gasteiger partial charge in [-0.05, 0) is 88.4 Å². The first-order valence-electron chi connectivity index (χ1n) is 22.0. The van der Waals surface area contributed by atoms with Gasteiger partial charge in [-0.2, -0.15) is 15.5 Å². The number of nitrogens with one attached hydrogen (secondary N) is 2. The highest BCUT2D eigenvalue weighted by Gasteiger charge is 2.40. The minimum absolute atomic E-state index is 0.00295. The first kappa shape index (κ1) is 43.7. The summed E-state index contributed by atoms with van der Waals surface area (Å²) < 4.78 is 39.8. The van der Waals surface area contributed by atoms with Gasteiger partial charge in [0.25, 0.3) is 5.91 Å². The zero-order valence-corrected chi connectivity index (χ0v) is 36.5. The fraction of sp³-hybridized carbons (Fsp3) is 0.457. The molecule has 6 heterocycles.